The van der Waals surface area contributed by atoms with E-state index in [0.717, 1.165) is 5.69 Å². The molecule has 0 atom stereocenters. The second-order valence-corrected chi connectivity index (χ2v) is 7.11. The maximum absolute atomic E-state index is 6.43. The molecule has 0 saturated heterocycles. The van der Waals surface area contributed by atoms with Crippen LogP contribution in [0, 0.1) is 6.92 Å². The van der Waals surface area contributed by atoms with Gasteiger partial charge in [-0.1, -0.05) is 64.1 Å². The fourth-order valence-electron chi connectivity index (χ4n) is 2.12. The molecule has 1 N–H and O–H groups in total. The number of pyridine rings is 1. The van der Waals surface area contributed by atoms with Gasteiger partial charge in [0, 0.05) is 5.02 Å². The molecule has 5 nitrogen and oxygen atoms in total. The first-order valence-corrected chi connectivity index (χ1v) is 9.07. The fourth-order valence-corrected chi connectivity index (χ4v) is 3.16. The van der Waals surface area contributed by atoms with E-state index in [1.54, 1.807) is 16.8 Å². The van der Waals surface area contributed by atoms with Gasteiger partial charge in [0.15, 0.2) is 5.82 Å². The highest BCUT2D eigenvalue weighted by atomic mass is 35.5. The molecular weight excluding hydrogens is 439 g/mol. The van der Waals surface area contributed by atoms with Gasteiger partial charge in [0.05, 0.1) is 33.2 Å². The molecule has 0 saturated carbocycles. The smallest absolute Gasteiger partial charge is 0.166 e. The van der Waals surface area contributed by atoms with Crippen molar-refractivity contribution in [3.05, 3.63) is 67.0 Å². The van der Waals surface area contributed by atoms with E-state index in [1.165, 1.54) is 12.3 Å². The van der Waals surface area contributed by atoms with Crippen molar-refractivity contribution < 1.29 is 0 Å². The number of nitrogens with one attached hydrogen (secondary N) is 1. The Bertz CT molecular complexity index is 999. The first kappa shape index (κ1) is 19.3. The number of rotatable bonds is 4. The summed E-state index contributed by atoms with van der Waals surface area (Å²) in [4.78, 5) is 4.02. The minimum Gasteiger partial charge on any atom is -0.260 e. The average Bonchev–Trinajstić information content (AvgIpc) is 2.87. The number of hydrazone groups is 1. The molecule has 134 valence electrons. The summed E-state index contributed by atoms with van der Waals surface area (Å²) in [6.07, 6.45) is 1.52. The predicted molar refractivity (Wildman–Crippen MR) is 109 cm³/mol. The number of hydrogen-bond acceptors (Lipinski definition) is 4. The molecule has 26 heavy (non-hydrogen) atoms. The summed E-state index contributed by atoms with van der Waals surface area (Å²) in [7, 11) is 0. The third-order valence-corrected chi connectivity index (χ3v) is 4.91. The van der Waals surface area contributed by atoms with E-state index in [1.807, 2.05) is 19.1 Å². The lowest BCUT2D eigenvalue weighted by atomic mass is 10.3. The van der Waals surface area contributed by atoms with Gasteiger partial charge in [0.25, 0.3) is 0 Å². The van der Waals surface area contributed by atoms with Crippen molar-refractivity contribution in [1.29, 1.82) is 0 Å². The molecule has 0 unspecified atom stereocenters. The molecule has 3 rings (SSSR count). The van der Waals surface area contributed by atoms with E-state index in [9.17, 15) is 0 Å². The molecule has 1 aromatic carbocycles. The lowest BCUT2D eigenvalue weighted by Crippen LogP contribution is -1.97. The zero-order valence-electron chi connectivity index (χ0n) is 13.1. The van der Waals surface area contributed by atoms with Crippen LogP contribution in [-0.2, 0) is 0 Å². The Morgan fingerprint density at radius 3 is 2.58 bits per heavy atom. The highest BCUT2D eigenvalue weighted by Gasteiger charge is 2.13. The molecule has 0 aliphatic carbocycles. The van der Waals surface area contributed by atoms with Crippen LogP contribution in [-0.4, -0.2) is 21.0 Å². The first-order valence-electron chi connectivity index (χ1n) is 7.18. The number of aryl methyl sites for hydroxylation is 1. The number of benzene rings is 1. The Balaban J connectivity index is 1.87. The maximum atomic E-state index is 6.43. The Morgan fingerprint density at radius 2 is 1.85 bits per heavy atom. The fraction of sp³-hybridized carbons (Fsp3) is 0.0625. The number of nitrogens with zero attached hydrogens (tertiary/aromatic N) is 4. The van der Waals surface area contributed by atoms with E-state index in [4.69, 9.17) is 58.0 Å². The number of aromatic nitrogens is 3. The van der Waals surface area contributed by atoms with Crippen LogP contribution in [0.4, 0.5) is 5.82 Å². The Morgan fingerprint density at radius 1 is 1.08 bits per heavy atom. The van der Waals surface area contributed by atoms with Crippen LogP contribution < -0.4 is 5.43 Å². The Labute approximate surface area is 174 Å². The van der Waals surface area contributed by atoms with Gasteiger partial charge in [-0.2, -0.15) is 10.2 Å². The van der Waals surface area contributed by atoms with Crippen molar-refractivity contribution >= 4 is 70.0 Å². The van der Waals surface area contributed by atoms with Crippen LogP contribution in [0.15, 0.2) is 35.4 Å². The van der Waals surface area contributed by atoms with Crippen molar-refractivity contribution in [2.45, 2.75) is 6.92 Å². The van der Waals surface area contributed by atoms with Crippen LogP contribution >= 0.6 is 58.0 Å². The van der Waals surface area contributed by atoms with Gasteiger partial charge in [-0.15, -0.1) is 0 Å². The molecule has 0 aliphatic heterocycles. The summed E-state index contributed by atoms with van der Waals surface area (Å²) in [5.41, 5.74) is 4.77. The molecule has 2 heterocycles. The molecule has 0 amide bonds. The average molecular weight is 450 g/mol. The zero-order chi connectivity index (χ0) is 18.8. The Hall–Kier alpha value is -1.50. The lowest BCUT2D eigenvalue weighted by Gasteiger charge is -2.04. The van der Waals surface area contributed by atoms with Gasteiger partial charge in [-0.25, -0.2) is 9.67 Å². The van der Waals surface area contributed by atoms with Crippen LogP contribution in [0.25, 0.3) is 5.69 Å². The standard InChI is InChI=1S/C16H10Cl5N5/c1-8-11(7-22-24-16-13(19)6-12(18)14(20)23-16)15(21)26(25-8)10-4-2-3-9(17)5-10/h2-7H,1H3,(H,23,24). The molecule has 0 fully saturated rings. The van der Waals surface area contributed by atoms with E-state index >= 15 is 0 Å². The minimum atomic E-state index is 0.122. The van der Waals surface area contributed by atoms with Crippen molar-refractivity contribution in [2.75, 3.05) is 5.43 Å². The van der Waals surface area contributed by atoms with E-state index < -0.39 is 0 Å². The van der Waals surface area contributed by atoms with Crippen molar-refractivity contribution in [3.8, 4) is 5.69 Å². The molecule has 0 aliphatic rings. The molecule has 0 bridgehead atoms. The molecule has 0 radical (unpaired) electrons. The van der Waals surface area contributed by atoms with Crippen molar-refractivity contribution in [3.63, 3.8) is 0 Å². The lowest BCUT2D eigenvalue weighted by molar-refractivity contribution is 0.863. The van der Waals surface area contributed by atoms with Gasteiger partial charge in [0.2, 0.25) is 0 Å². The van der Waals surface area contributed by atoms with Crippen LogP contribution in [0.5, 0.6) is 0 Å². The van der Waals surface area contributed by atoms with E-state index in [-0.39, 0.29) is 21.0 Å². The first-order chi connectivity index (χ1) is 12.4. The second kappa shape index (κ2) is 8.03. The molecule has 2 aromatic heterocycles. The minimum absolute atomic E-state index is 0.122. The summed E-state index contributed by atoms with van der Waals surface area (Å²) < 4.78 is 1.58. The predicted octanol–water partition coefficient (Wildman–Crippen LogP) is 6.29. The van der Waals surface area contributed by atoms with Gasteiger partial charge < -0.3 is 0 Å². The quantitative estimate of drug-likeness (QED) is 0.289. The highest BCUT2D eigenvalue weighted by Crippen LogP contribution is 2.29. The summed E-state index contributed by atoms with van der Waals surface area (Å²) in [6.45, 7) is 1.82. The van der Waals surface area contributed by atoms with Crippen LogP contribution in [0.1, 0.15) is 11.3 Å². The van der Waals surface area contributed by atoms with E-state index in [0.29, 0.717) is 21.4 Å². The monoisotopic (exact) mass is 447 g/mol. The SMILES string of the molecule is Cc1nn(-c2cccc(Cl)c2)c(Cl)c1C=NNc1nc(Cl)c(Cl)cc1Cl. The van der Waals surface area contributed by atoms with Gasteiger partial charge in [-0.3, -0.25) is 5.43 Å². The molecule has 0 spiro atoms. The third-order valence-electron chi connectivity index (χ3n) is 3.35. The van der Waals surface area contributed by atoms with Crippen molar-refractivity contribution in [2.24, 2.45) is 5.10 Å². The topological polar surface area (TPSA) is 55.1 Å². The maximum Gasteiger partial charge on any atom is 0.166 e. The van der Waals surface area contributed by atoms with Crippen LogP contribution in [0.3, 0.4) is 0 Å². The molecule has 10 heteroatoms. The number of hydrogen-bond donors (Lipinski definition) is 1. The third kappa shape index (κ3) is 4.08. The summed E-state index contributed by atoms with van der Waals surface area (Å²) >= 11 is 30.2. The number of anilines is 1. The normalized spacial score (nSPS) is 11.3. The summed E-state index contributed by atoms with van der Waals surface area (Å²) in [5.74, 6) is 0.272. The Kier molecular flexibility index (Phi) is 5.95. The molecule has 3 aromatic rings. The van der Waals surface area contributed by atoms with Crippen molar-refractivity contribution in [1.82, 2.24) is 14.8 Å². The van der Waals surface area contributed by atoms with Gasteiger partial charge in [0.1, 0.15) is 10.3 Å². The van der Waals surface area contributed by atoms with Gasteiger partial charge in [-0.05, 0) is 31.2 Å². The van der Waals surface area contributed by atoms with Gasteiger partial charge >= 0.3 is 0 Å². The van der Waals surface area contributed by atoms with E-state index in [2.05, 4.69) is 20.6 Å². The van der Waals surface area contributed by atoms with Crippen LogP contribution in [0.2, 0.25) is 25.4 Å². The zero-order valence-corrected chi connectivity index (χ0v) is 16.9. The molecular formula is C16H10Cl5N5. The highest BCUT2D eigenvalue weighted by molar-refractivity contribution is 6.43. The number of halogens is 5. The summed E-state index contributed by atoms with van der Waals surface area (Å²) in [5, 5.41) is 10.2. The largest absolute Gasteiger partial charge is 0.260 e. The summed E-state index contributed by atoms with van der Waals surface area (Å²) in [6, 6.07) is 8.68. The second-order valence-electron chi connectivity index (χ2n) is 5.14.